The normalized spacial score (nSPS) is 10.7. The average molecular weight is 192 g/mol. The highest BCUT2D eigenvalue weighted by atomic mass is 15.4. The van der Waals surface area contributed by atoms with Crippen LogP contribution in [-0.4, -0.2) is 24.5 Å². The first-order chi connectivity index (χ1) is 6.66. The summed E-state index contributed by atoms with van der Waals surface area (Å²) in [4.78, 5) is 3.85. The van der Waals surface area contributed by atoms with E-state index < -0.39 is 0 Å². The summed E-state index contributed by atoms with van der Waals surface area (Å²) in [6.45, 7) is 2.67. The summed E-state index contributed by atoms with van der Waals surface area (Å²) >= 11 is 0. The van der Waals surface area contributed by atoms with Gasteiger partial charge in [-0.15, -0.1) is 5.10 Å². The van der Waals surface area contributed by atoms with Gasteiger partial charge in [0, 0.05) is 18.3 Å². The van der Waals surface area contributed by atoms with Crippen LogP contribution in [0, 0.1) is 6.92 Å². The number of nitrogens with two attached hydrogens (primary N) is 1. The highest BCUT2D eigenvalue weighted by Gasteiger charge is 2.05. The fourth-order valence-electron chi connectivity index (χ4n) is 1.26. The standard InChI is InChI=1S/C8H12N6/c1-6-7(3-11-13(6)2)4-14-5-10-8(9)12-14/h3,5H,4H2,1-2H3,(H2,9,12). The number of nitrogens with zero attached hydrogens (tertiary/aromatic N) is 5. The molecule has 0 aliphatic heterocycles. The van der Waals surface area contributed by atoms with Gasteiger partial charge < -0.3 is 5.73 Å². The van der Waals surface area contributed by atoms with Crippen molar-refractivity contribution in [3.63, 3.8) is 0 Å². The van der Waals surface area contributed by atoms with E-state index in [-0.39, 0.29) is 0 Å². The summed E-state index contributed by atoms with van der Waals surface area (Å²) in [6, 6.07) is 0. The Labute approximate surface area is 81.4 Å². The summed E-state index contributed by atoms with van der Waals surface area (Å²) in [5, 5.41) is 8.15. The van der Waals surface area contributed by atoms with Crippen molar-refractivity contribution in [1.29, 1.82) is 0 Å². The fraction of sp³-hybridized carbons (Fsp3) is 0.375. The maximum atomic E-state index is 5.41. The molecule has 0 aromatic carbocycles. The molecule has 0 amide bonds. The molecule has 14 heavy (non-hydrogen) atoms. The second-order valence-corrected chi connectivity index (χ2v) is 3.18. The molecule has 0 fully saturated rings. The van der Waals surface area contributed by atoms with Crippen LogP contribution in [0.1, 0.15) is 11.3 Å². The third-order valence-electron chi connectivity index (χ3n) is 2.22. The Morgan fingerprint density at radius 2 is 2.29 bits per heavy atom. The molecule has 6 nitrogen and oxygen atoms in total. The highest BCUT2D eigenvalue weighted by Crippen LogP contribution is 2.07. The van der Waals surface area contributed by atoms with Crippen LogP contribution in [0.5, 0.6) is 0 Å². The minimum atomic E-state index is 0.298. The van der Waals surface area contributed by atoms with Crippen molar-refractivity contribution in [2.45, 2.75) is 13.5 Å². The van der Waals surface area contributed by atoms with E-state index >= 15 is 0 Å². The highest BCUT2D eigenvalue weighted by molar-refractivity contribution is 5.17. The van der Waals surface area contributed by atoms with Gasteiger partial charge in [0.15, 0.2) is 0 Å². The minimum absolute atomic E-state index is 0.298. The quantitative estimate of drug-likeness (QED) is 0.724. The number of hydrogen-bond acceptors (Lipinski definition) is 4. The van der Waals surface area contributed by atoms with Crippen LogP contribution in [0.2, 0.25) is 0 Å². The SMILES string of the molecule is Cc1c(Cn2cnc(N)n2)cnn1C. The van der Waals surface area contributed by atoms with E-state index in [9.17, 15) is 0 Å². The molecule has 74 valence electrons. The second kappa shape index (κ2) is 3.13. The van der Waals surface area contributed by atoms with Crippen LogP contribution in [-0.2, 0) is 13.6 Å². The first-order valence-electron chi connectivity index (χ1n) is 4.29. The van der Waals surface area contributed by atoms with Crippen molar-refractivity contribution in [3.05, 3.63) is 23.8 Å². The number of nitrogen functional groups attached to an aromatic ring is 1. The Hall–Kier alpha value is -1.85. The molecule has 0 unspecified atom stereocenters. The monoisotopic (exact) mass is 192 g/mol. The molecular weight excluding hydrogens is 180 g/mol. The number of aromatic nitrogens is 5. The predicted octanol–water partition coefficient (Wildman–Crippen LogP) is -0.0495. The lowest BCUT2D eigenvalue weighted by molar-refractivity contribution is 0.679. The zero-order valence-electron chi connectivity index (χ0n) is 8.18. The summed E-state index contributed by atoms with van der Waals surface area (Å²) in [6.07, 6.45) is 3.44. The lowest BCUT2D eigenvalue weighted by Gasteiger charge is -1.99. The van der Waals surface area contributed by atoms with Crippen molar-refractivity contribution in [1.82, 2.24) is 24.5 Å². The van der Waals surface area contributed by atoms with Gasteiger partial charge in [-0.3, -0.25) is 4.68 Å². The first-order valence-corrected chi connectivity index (χ1v) is 4.29. The van der Waals surface area contributed by atoms with Gasteiger partial charge in [-0.05, 0) is 6.92 Å². The second-order valence-electron chi connectivity index (χ2n) is 3.18. The van der Waals surface area contributed by atoms with E-state index in [1.807, 2.05) is 24.9 Å². The lowest BCUT2D eigenvalue weighted by Crippen LogP contribution is -2.02. The Bertz CT molecular complexity index is 440. The van der Waals surface area contributed by atoms with Crippen LogP contribution in [0.15, 0.2) is 12.5 Å². The summed E-state index contributed by atoms with van der Waals surface area (Å²) in [5.74, 6) is 0.298. The molecular formula is C8H12N6. The van der Waals surface area contributed by atoms with Gasteiger partial charge in [0.1, 0.15) is 6.33 Å². The average Bonchev–Trinajstić information content (AvgIpc) is 2.67. The fourth-order valence-corrected chi connectivity index (χ4v) is 1.26. The van der Waals surface area contributed by atoms with Gasteiger partial charge in [0.2, 0.25) is 5.95 Å². The number of aryl methyl sites for hydroxylation is 1. The Morgan fingerprint density at radius 3 is 2.79 bits per heavy atom. The Morgan fingerprint density at radius 1 is 1.50 bits per heavy atom. The number of anilines is 1. The summed E-state index contributed by atoms with van der Waals surface area (Å²) in [7, 11) is 1.91. The van der Waals surface area contributed by atoms with Crippen LogP contribution >= 0.6 is 0 Å². The van der Waals surface area contributed by atoms with E-state index in [0.29, 0.717) is 12.5 Å². The summed E-state index contributed by atoms with van der Waals surface area (Å²) < 4.78 is 3.52. The predicted molar refractivity (Wildman–Crippen MR) is 51.5 cm³/mol. The maximum absolute atomic E-state index is 5.41. The van der Waals surface area contributed by atoms with Gasteiger partial charge in [-0.25, -0.2) is 9.67 Å². The van der Waals surface area contributed by atoms with Crippen LogP contribution in [0.25, 0.3) is 0 Å². The van der Waals surface area contributed by atoms with E-state index in [2.05, 4.69) is 15.2 Å². The molecule has 2 heterocycles. The van der Waals surface area contributed by atoms with Crippen molar-refractivity contribution in [3.8, 4) is 0 Å². The third kappa shape index (κ3) is 1.46. The molecule has 0 atom stereocenters. The van der Waals surface area contributed by atoms with E-state index in [4.69, 9.17) is 5.73 Å². The van der Waals surface area contributed by atoms with E-state index in [0.717, 1.165) is 11.3 Å². The van der Waals surface area contributed by atoms with Crippen molar-refractivity contribution in [2.24, 2.45) is 7.05 Å². The van der Waals surface area contributed by atoms with Gasteiger partial charge >= 0.3 is 0 Å². The topological polar surface area (TPSA) is 74.6 Å². The van der Waals surface area contributed by atoms with Gasteiger partial charge in [0.05, 0.1) is 12.7 Å². The van der Waals surface area contributed by atoms with Crippen LogP contribution < -0.4 is 5.73 Å². The third-order valence-corrected chi connectivity index (χ3v) is 2.22. The van der Waals surface area contributed by atoms with Crippen molar-refractivity contribution < 1.29 is 0 Å². The largest absolute Gasteiger partial charge is 0.367 e. The van der Waals surface area contributed by atoms with Gasteiger partial charge in [-0.1, -0.05) is 0 Å². The molecule has 0 bridgehead atoms. The van der Waals surface area contributed by atoms with Crippen LogP contribution in [0.3, 0.4) is 0 Å². The number of hydrogen-bond donors (Lipinski definition) is 1. The molecule has 2 aromatic rings. The smallest absolute Gasteiger partial charge is 0.239 e. The zero-order valence-corrected chi connectivity index (χ0v) is 8.18. The van der Waals surface area contributed by atoms with E-state index in [1.165, 1.54) is 0 Å². The Balaban J connectivity index is 2.22. The molecule has 0 radical (unpaired) electrons. The molecule has 0 aliphatic carbocycles. The molecule has 2 N–H and O–H groups in total. The molecule has 2 aromatic heterocycles. The molecule has 6 heteroatoms. The minimum Gasteiger partial charge on any atom is -0.367 e. The summed E-state index contributed by atoms with van der Waals surface area (Å²) in [5.41, 5.74) is 7.66. The molecule has 0 aliphatic rings. The Kier molecular flexibility index (Phi) is 1.95. The van der Waals surface area contributed by atoms with Crippen LogP contribution in [0.4, 0.5) is 5.95 Å². The van der Waals surface area contributed by atoms with Crippen molar-refractivity contribution in [2.75, 3.05) is 5.73 Å². The first kappa shape index (κ1) is 8.74. The van der Waals surface area contributed by atoms with Gasteiger partial charge in [-0.2, -0.15) is 5.10 Å². The van der Waals surface area contributed by atoms with Gasteiger partial charge in [0.25, 0.3) is 0 Å². The number of rotatable bonds is 2. The van der Waals surface area contributed by atoms with E-state index in [1.54, 1.807) is 11.0 Å². The zero-order chi connectivity index (χ0) is 10.1. The molecule has 0 saturated carbocycles. The molecule has 0 spiro atoms. The lowest BCUT2D eigenvalue weighted by atomic mass is 10.3. The molecule has 2 rings (SSSR count). The molecule has 0 saturated heterocycles. The maximum Gasteiger partial charge on any atom is 0.239 e. The van der Waals surface area contributed by atoms with Crippen molar-refractivity contribution >= 4 is 5.95 Å².